The van der Waals surface area contributed by atoms with Crippen molar-refractivity contribution in [2.75, 3.05) is 0 Å². The van der Waals surface area contributed by atoms with E-state index in [0.717, 1.165) is 33.4 Å². The largest absolute Gasteiger partial charge is 0.442 e. The number of hydrogen-bond donors (Lipinski definition) is 1. The number of allylic oxidation sites excluding steroid dienone is 1. The molecule has 2 heterocycles. The smallest absolute Gasteiger partial charge is 0.435 e. The molecule has 3 aromatic rings. The van der Waals surface area contributed by atoms with Crippen molar-refractivity contribution >= 4 is 23.8 Å². The Morgan fingerprint density at radius 2 is 2.03 bits per heavy atom. The Hall–Kier alpha value is -3.45. The van der Waals surface area contributed by atoms with E-state index in [1.54, 1.807) is 17.0 Å². The number of carbonyl (C=O) groups excluding carboxylic acids is 1. The molecule has 0 atom stereocenters. The standard InChI is InChI=1S/C25H30N4O3/c1-8-22-21(12-16(2)20-11-9-10-18(15-30)17(20)3)23(19-13-26-28(7)14-19)27-29(22)24(31)32-25(4,5)6/h8-14,30H,1,15H2,2-7H3/b16-12+. The zero-order valence-corrected chi connectivity index (χ0v) is 19.5. The molecule has 0 spiro atoms. The second-order valence-corrected chi connectivity index (χ2v) is 8.72. The maximum Gasteiger partial charge on any atom is 0.435 e. The molecule has 7 nitrogen and oxygen atoms in total. The van der Waals surface area contributed by atoms with E-state index in [0.29, 0.717) is 11.4 Å². The molecule has 0 saturated carbocycles. The molecular formula is C25H30N4O3. The first-order chi connectivity index (χ1) is 15.1. The van der Waals surface area contributed by atoms with Gasteiger partial charge in [0.25, 0.3) is 0 Å². The summed E-state index contributed by atoms with van der Waals surface area (Å²) in [5, 5.41) is 18.5. The number of rotatable bonds is 5. The second-order valence-electron chi connectivity index (χ2n) is 8.72. The van der Waals surface area contributed by atoms with Crippen LogP contribution in [0, 0.1) is 6.92 Å². The third-order valence-corrected chi connectivity index (χ3v) is 5.10. The van der Waals surface area contributed by atoms with Gasteiger partial charge in [-0.15, -0.1) is 0 Å². The van der Waals surface area contributed by atoms with Gasteiger partial charge in [-0.3, -0.25) is 4.68 Å². The van der Waals surface area contributed by atoms with Crippen LogP contribution < -0.4 is 0 Å². The first kappa shape index (κ1) is 23.2. The van der Waals surface area contributed by atoms with Crippen LogP contribution in [0.3, 0.4) is 0 Å². The lowest BCUT2D eigenvalue weighted by Gasteiger charge is -2.19. The van der Waals surface area contributed by atoms with Crippen molar-refractivity contribution in [3.8, 4) is 11.3 Å². The van der Waals surface area contributed by atoms with Crippen LogP contribution in [0.1, 0.15) is 55.6 Å². The van der Waals surface area contributed by atoms with E-state index in [9.17, 15) is 9.90 Å². The molecule has 3 rings (SSSR count). The maximum absolute atomic E-state index is 12.9. The summed E-state index contributed by atoms with van der Waals surface area (Å²) in [6.45, 7) is 13.3. The van der Waals surface area contributed by atoms with E-state index < -0.39 is 11.7 Å². The van der Waals surface area contributed by atoms with Crippen molar-refractivity contribution in [3.05, 3.63) is 65.1 Å². The third-order valence-electron chi connectivity index (χ3n) is 5.10. The molecule has 2 aromatic heterocycles. The zero-order valence-electron chi connectivity index (χ0n) is 19.5. The molecule has 0 amide bonds. The number of aryl methyl sites for hydroxylation is 1. The van der Waals surface area contributed by atoms with Crippen molar-refractivity contribution < 1.29 is 14.6 Å². The van der Waals surface area contributed by atoms with E-state index in [1.165, 1.54) is 4.68 Å². The van der Waals surface area contributed by atoms with E-state index in [2.05, 4.69) is 16.8 Å². The van der Waals surface area contributed by atoms with Crippen molar-refractivity contribution in [1.29, 1.82) is 0 Å². The number of aliphatic hydroxyl groups excluding tert-OH is 1. The molecule has 168 valence electrons. The monoisotopic (exact) mass is 434 g/mol. The van der Waals surface area contributed by atoms with Crippen molar-refractivity contribution in [3.63, 3.8) is 0 Å². The van der Waals surface area contributed by atoms with Crippen LogP contribution in [0.4, 0.5) is 4.79 Å². The summed E-state index contributed by atoms with van der Waals surface area (Å²) in [4.78, 5) is 12.9. The summed E-state index contributed by atoms with van der Waals surface area (Å²) in [6.07, 6.45) is 6.56. The maximum atomic E-state index is 12.9. The molecule has 1 aromatic carbocycles. The van der Waals surface area contributed by atoms with Crippen molar-refractivity contribution in [1.82, 2.24) is 19.6 Å². The molecule has 0 aliphatic carbocycles. The average Bonchev–Trinajstić information content (AvgIpc) is 3.30. The highest BCUT2D eigenvalue weighted by molar-refractivity contribution is 5.90. The molecule has 32 heavy (non-hydrogen) atoms. The molecule has 0 aliphatic rings. The van der Waals surface area contributed by atoms with Gasteiger partial charge in [-0.2, -0.15) is 14.9 Å². The van der Waals surface area contributed by atoms with Gasteiger partial charge in [0.1, 0.15) is 11.3 Å². The van der Waals surface area contributed by atoms with Gasteiger partial charge in [-0.25, -0.2) is 4.79 Å². The Bertz CT molecular complexity index is 1190. The third kappa shape index (κ3) is 4.73. The Balaban J connectivity index is 2.22. The minimum atomic E-state index is -0.663. The molecule has 0 fully saturated rings. The fourth-order valence-corrected chi connectivity index (χ4v) is 3.56. The molecule has 7 heteroatoms. The van der Waals surface area contributed by atoms with Crippen molar-refractivity contribution in [2.24, 2.45) is 7.05 Å². The SMILES string of the molecule is C=Cc1c(/C=C(\C)c2cccc(CO)c2C)c(-c2cnn(C)c2)nn1C(=O)OC(C)(C)C. The molecule has 0 bridgehead atoms. The summed E-state index contributed by atoms with van der Waals surface area (Å²) in [5.41, 5.74) is 5.85. The number of aromatic nitrogens is 4. The number of ether oxygens (including phenoxy) is 1. The lowest BCUT2D eigenvalue weighted by atomic mass is 9.95. The summed E-state index contributed by atoms with van der Waals surface area (Å²) >= 11 is 0. The number of aliphatic hydroxyl groups is 1. The topological polar surface area (TPSA) is 82.2 Å². The predicted molar refractivity (Wildman–Crippen MR) is 127 cm³/mol. The molecule has 0 aliphatic heterocycles. The van der Waals surface area contributed by atoms with Crippen LogP contribution >= 0.6 is 0 Å². The molecular weight excluding hydrogens is 404 g/mol. The highest BCUT2D eigenvalue weighted by atomic mass is 16.6. The van der Waals surface area contributed by atoms with Gasteiger partial charge in [0, 0.05) is 24.4 Å². The van der Waals surface area contributed by atoms with Crippen LogP contribution in [0.15, 0.2) is 37.2 Å². The number of nitrogens with zero attached hydrogens (tertiary/aromatic N) is 4. The Morgan fingerprint density at radius 3 is 2.59 bits per heavy atom. The molecule has 0 radical (unpaired) electrons. The van der Waals surface area contributed by atoms with Gasteiger partial charge in [0.2, 0.25) is 0 Å². The zero-order chi connectivity index (χ0) is 23.6. The van der Waals surface area contributed by atoms with Gasteiger partial charge in [-0.05, 0) is 69.0 Å². The van der Waals surface area contributed by atoms with Gasteiger partial charge in [0.05, 0.1) is 18.5 Å². The molecule has 1 N–H and O–H groups in total. The fraction of sp³-hybridized carbons (Fsp3) is 0.320. The minimum absolute atomic E-state index is 0.0254. The van der Waals surface area contributed by atoms with E-state index in [-0.39, 0.29) is 6.61 Å². The van der Waals surface area contributed by atoms with Crippen LogP contribution in [0.25, 0.3) is 29.0 Å². The second kappa shape index (κ2) is 8.96. The number of carbonyl (C=O) groups is 1. The minimum Gasteiger partial charge on any atom is -0.442 e. The van der Waals surface area contributed by atoms with Crippen LogP contribution in [-0.2, 0) is 18.4 Å². The van der Waals surface area contributed by atoms with Crippen LogP contribution in [0.5, 0.6) is 0 Å². The van der Waals surface area contributed by atoms with Gasteiger partial charge >= 0.3 is 6.09 Å². The highest BCUT2D eigenvalue weighted by Gasteiger charge is 2.25. The summed E-state index contributed by atoms with van der Waals surface area (Å²) in [5.74, 6) is 0. The lowest BCUT2D eigenvalue weighted by molar-refractivity contribution is 0.0514. The summed E-state index contributed by atoms with van der Waals surface area (Å²) < 4.78 is 8.49. The number of benzene rings is 1. The average molecular weight is 435 g/mol. The van der Waals surface area contributed by atoms with E-state index >= 15 is 0 Å². The Kier molecular flexibility index (Phi) is 6.50. The Labute approximate surface area is 188 Å². The van der Waals surface area contributed by atoms with E-state index in [4.69, 9.17) is 4.74 Å². The first-order valence-electron chi connectivity index (χ1n) is 10.4. The summed E-state index contributed by atoms with van der Waals surface area (Å²) in [7, 11) is 1.83. The van der Waals surface area contributed by atoms with Crippen molar-refractivity contribution in [2.45, 2.75) is 46.8 Å². The lowest BCUT2D eigenvalue weighted by Crippen LogP contribution is -2.28. The Morgan fingerprint density at radius 1 is 1.31 bits per heavy atom. The van der Waals surface area contributed by atoms with Gasteiger partial charge in [0.15, 0.2) is 0 Å². The van der Waals surface area contributed by atoms with Gasteiger partial charge in [-0.1, -0.05) is 24.8 Å². The van der Waals surface area contributed by atoms with Crippen LogP contribution in [-0.4, -0.2) is 36.4 Å². The predicted octanol–water partition coefficient (Wildman–Crippen LogP) is 5.07. The van der Waals surface area contributed by atoms with E-state index in [1.807, 2.05) is 72.1 Å². The van der Waals surface area contributed by atoms with Crippen LogP contribution in [0.2, 0.25) is 0 Å². The normalized spacial score (nSPS) is 12.2. The first-order valence-corrected chi connectivity index (χ1v) is 10.4. The quantitative estimate of drug-likeness (QED) is 0.606. The summed E-state index contributed by atoms with van der Waals surface area (Å²) in [6, 6.07) is 5.84. The molecule has 0 saturated heterocycles. The number of hydrogen-bond acceptors (Lipinski definition) is 5. The van der Waals surface area contributed by atoms with Gasteiger partial charge < -0.3 is 9.84 Å². The molecule has 0 unspecified atom stereocenters. The fourth-order valence-electron chi connectivity index (χ4n) is 3.56. The highest BCUT2D eigenvalue weighted by Crippen LogP contribution is 2.32.